The van der Waals surface area contributed by atoms with Crippen LogP contribution in [0.2, 0.25) is 0 Å². The van der Waals surface area contributed by atoms with Crippen molar-refractivity contribution in [2.75, 3.05) is 6.61 Å². The predicted molar refractivity (Wildman–Crippen MR) is 65.0 cm³/mol. The molecule has 2 heterocycles. The molecule has 2 aromatic rings. The summed E-state index contributed by atoms with van der Waals surface area (Å²) in [5.74, 6) is 1.98. The van der Waals surface area contributed by atoms with Gasteiger partial charge in [-0.05, 0) is 24.6 Å². The maximum atomic E-state index is 5.62. The van der Waals surface area contributed by atoms with Crippen LogP contribution in [0.3, 0.4) is 0 Å². The molecule has 1 N–H and O–H groups in total. The molecule has 1 unspecified atom stereocenters. The van der Waals surface area contributed by atoms with Crippen LogP contribution in [0.1, 0.15) is 22.9 Å². The minimum absolute atomic E-state index is 0.260. The molecule has 88 valence electrons. The summed E-state index contributed by atoms with van der Waals surface area (Å²) in [5, 5.41) is 3.46. The van der Waals surface area contributed by atoms with Gasteiger partial charge in [0.2, 0.25) is 0 Å². The smallest absolute Gasteiger partial charge is 0.124 e. The quantitative estimate of drug-likeness (QED) is 0.878. The molecule has 0 aliphatic carbocycles. The van der Waals surface area contributed by atoms with E-state index in [1.165, 1.54) is 11.1 Å². The van der Waals surface area contributed by atoms with Gasteiger partial charge in [0.25, 0.3) is 0 Å². The number of aryl methyl sites for hydroxylation is 1. The first-order valence-corrected chi connectivity index (χ1v) is 5.82. The van der Waals surface area contributed by atoms with E-state index in [9.17, 15) is 0 Å². The van der Waals surface area contributed by atoms with Gasteiger partial charge in [-0.25, -0.2) is 0 Å². The summed E-state index contributed by atoms with van der Waals surface area (Å²) in [7, 11) is 0. The summed E-state index contributed by atoms with van der Waals surface area (Å²) in [5.41, 5.74) is 2.42. The lowest BCUT2D eigenvalue weighted by molar-refractivity contribution is 0.306. The maximum absolute atomic E-state index is 5.62. The van der Waals surface area contributed by atoms with Gasteiger partial charge in [-0.3, -0.25) is 5.32 Å². The average molecular weight is 229 g/mol. The SMILES string of the molecule is Cc1ccoc1CNC1COc2ccccc21. The van der Waals surface area contributed by atoms with E-state index in [2.05, 4.69) is 18.3 Å². The number of rotatable bonds is 3. The van der Waals surface area contributed by atoms with Crippen molar-refractivity contribution in [3.63, 3.8) is 0 Å². The van der Waals surface area contributed by atoms with E-state index in [4.69, 9.17) is 9.15 Å². The molecular formula is C14H15NO2. The fraction of sp³-hybridized carbons (Fsp3) is 0.286. The monoisotopic (exact) mass is 229 g/mol. The van der Waals surface area contributed by atoms with Crippen molar-refractivity contribution in [1.29, 1.82) is 0 Å². The predicted octanol–water partition coefficient (Wildman–Crippen LogP) is 2.81. The molecular weight excluding hydrogens is 214 g/mol. The molecule has 0 amide bonds. The lowest BCUT2D eigenvalue weighted by atomic mass is 10.1. The van der Waals surface area contributed by atoms with E-state index in [1.54, 1.807) is 6.26 Å². The van der Waals surface area contributed by atoms with Crippen molar-refractivity contribution in [2.45, 2.75) is 19.5 Å². The van der Waals surface area contributed by atoms with Gasteiger partial charge < -0.3 is 9.15 Å². The maximum Gasteiger partial charge on any atom is 0.124 e. The van der Waals surface area contributed by atoms with Crippen LogP contribution in [-0.2, 0) is 6.54 Å². The van der Waals surface area contributed by atoms with Crippen LogP contribution in [-0.4, -0.2) is 6.61 Å². The number of benzene rings is 1. The van der Waals surface area contributed by atoms with Crippen LogP contribution in [0.4, 0.5) is 0 Å². The highest BCUT2D eigenvalue weighted by atomic mass is 16.5. The third-order valence-corrected chi connectivity index (χ3v) is 3.18. The fourth-order valence-corrected chi connectivity index (χ4v) is 2.13. The Morgan fingerprint density at radius 1 is 1.29 bits per heavy atom. The second-order valence-electron chi connectivity index (χ2n) is 4.31. The number of para-hydroxylation sites is 1. The van der Waals surface area contributed by atoms with E-state index in [0.717, 1.165) is 18.1 Å². The van der Waals surface area contributed by atoms with Crippen LogP contribution in [0.5, 0.6) is 5.75 Å². The highest BCUT2D eigenvalue weighted by Gasteiger charge is 2.23. The van der Waals surface area contributed by atoms with E-state index < -0.39 is 0 Å². The summed E-state index contributed by atoms with van der Waals surface area (Å²) in [6.45, 7) is 3.49. The van der Waals surface area contributed by atoms with E-state index in [-0.39, 0.29) is 6.04 Å². The van der Waals surface area contributed by atoms with Crippen LogP contribution >= 0.6 is 0 Å². The van der Waals surface area contributed by atoms with Crippen LogP contribution in [0, 0.1) is 6.92 Å². The number of ether oxygens (including phenoxy) is 1. The molecule has 17 heavy (non-hydrogen) atoms. The summed E-state index contributed by atoms with van der Waals surface area (Å²) in [6.07, 6.45) is 1.73. The zero-order chi connectivity index (χ0) is 11.7. The summed E-state index contributed by atoms with van der Waals surface area (Å²) in [4.78, 5) is 0. The standard InChI is InChI=1S/C14H15NO2/c1-10-6-7-16-14(10)8-15-12-9-17-13-5-3-2-4-11(12)13/h2-7,12,15H,8-9H2,1H3. The Kier molecular flexibility index (Phi) is 2.61. The Hall–Kier alpha value is -1.74. The molecule has 0 radical (unpaired) electrons. The molecule has 1 aliphatic rings. The molecule has 0 fully saturated rings. The van der Waals surface area contributed by atoms with Crippen LogP contribution in [0.25, 0.3) is 0 Å². The summed E-state index contributed by atoms with van der Waals surface area (Å²) < 4.78 is 11.0. The topological polar surface area (TPSA) is 34.4 Å². The van der Waals surface area contributed by atoms with Gasteiger partial charge in [0.05, 0.1) is 18.8 Å². The van der Waals surface area contributed by atoms with Crippen molar-refractivity contribution >= 4 is 0 Å². The van der Waals surface area contributed by atoms with Crippen LogP contribution in [0.15, 0.2) is 41.0 Å². The number of hydrogen-bond donors (Lipinski definition) is 1. The van der Waals surface area contributed by atoms with Crippen LogP contribution < -0.4 is 10.1 Å². The lowest BCUT2D eigenvalue weighted by Gasteiger charge is -2.10. The number of fused-ring (bicyclic) bond motifs is 1. The molecule has 1 aromatic carbocycles. The zero-order valence-corrected chi connectivity index (χ0v) is 9.77. The van der Waals surface area contributed by atoms with E-state index in [1.807, 2.05) is 24.3 Å². The van der Waals surface area contributed by atoms with Gasteiger partial charge in [0.1, 0.15) is 18.1 Å². The Morgan fingerprint density at radius 3 is 3.00 bits per heavy atom. The van der Waals surface area contributed by atoms with Gasteiger partial charge in [0, 0.05) is 5.56 Å². The van der Waals surface area contributed by atoms with Crippen molar-refractivity contribution < 1.29 is 9.15 Å². The number of furan rings is 1. The van der Waals surface area contributed by atoms with Crippen molar-refractivity contribution in [1.82, 2.24) is 5.32 Å². The summed E-state index contributed by atoms with van der Waals surface area (Å²) >= 11 is 0. The minimum atomic E-state index is 0.260. The normalized spacial score (nSPS) is 17.8. The lowest BCUT2D eigenvalue weighted by Crippen LogP contribution is -2.22. The number of hydrogen-bond acceptors (Lipinski definition) is 3. The zero-order valence-electron chi connectivity index (χ0n) is 9.77. The number of nitrogens with one attached hydrogen (secondary N) is 1. The highest BCUT2D eigenvalue weighted by molar-refractivity contribution is 5.39. The Bertz CT molecular complexity index is 518. The van der Waals surface area contributed by atoms with Crippen molar-refractivity contribution in [3.05, 3.63) is 53.5 Å². The first-order chi connectivity index (χ1) is 8.34. The van der Waals surface area contributed by atoms with E-state index >= 15 is 0 Å². The molecule has 3 rings (SSSR count). The van der Waals surface area contributed by atoms with E-state index in [0.29, 0.717) is 6.61 Å². The first kappa shape index (κ1) is 10.4. The molecule has 3 heteroatoms. The molecule has 1 aliphatic heterocycles. The highest BCUT2D eigenvalue weighted by Crippen LogP contribution is 2.31. The molecule has 1 atom stereocenters. The second kappa shape index (κ2) is 4.26. The molecule has 0 saturated carbocycles. The molecule has 3 nitrogen and oxygen atoms in total. The Labute approximate surface area is 100 Å². The molecule has 0 spiro atoms. The third kappa shape index (κ3) is 1.94. The fourth-order valence-electron chi connectivity index (χ4n) is 2.13. The third-order valence-electron chi connectivity index (χ3n) is 3.18. The Balaban J connectivity index is 1.70. The first-order valence-electron chi connectivity index (χ1n) is 5.82. The second-order valence-corrected chi connectivity index (χ2v) is 4.31. The van der Waals surface area contributed by atoms with Crippen molar-refractivity contribution in [3.8, 4) is 5.75 Å². The minimum Gasteiger partial charge on any atom is -0.491 e. The van der Waals surface area contributed by atoms with Gasteiger partial charge in [0.15, 0.2) is 0 Å². The van der Waals surface area contributed by atoms with Gasteiger partial charge in [-0.1, -0.05) is 18.2 Å². The molecule has 0 saturated heterocycles. The van der Waals surface area contributed by atoms with Gasteiger partial charge in [-0.2, -0.15) is 0 Å². The average Bonchev–Trinajstić information content (AvgIpc) is 2.93. The molecule has 0 bridgehead atoms. The van der Waals surface area contributed by atoms with Crippen molar-refractivity contribution in [2.24, 2.45) is 0 Å². The van der Waals surface area contributed by atoms with Gasteiger partial charge in [-0.15, -0.1) is 0 Å². The van der Waals surface area contributed by atoms with Gasteiger partial charge >= 0.3 is 0 Å². The largest absolute Gasteiger partial charge is 0.491 e. The summed E-state index contributed by atoms with van der Waals surface area (Å²) in [6, 6.07) is 10.4. The molecule has 1 aromatic heterocycles. The Morgan fingerprint density at radius 2 is 2.18 bits per heavy atom.